The summed E-state index contributed by atoms with van der Waals surface area (Å²) in [6, 6.07) is 0.231. The van der Waals surface area contributed by atoms with Gasteiger partial charge in [0.15, 0.2) is 0 Å². The van der Waals surface area contributed by atoms with Gasteiger partial charge in [-0.05, 0) is 44.4 Å². The molecule has 0 heterocycles. The molecule has 0 aromatic rings. The van der Waals surface area contributed by atoms with Crippen molar-refractivity contribution >= 4 is 6.03 Å². The van der Waals surface area contributed by atoms with Gasteiger partial charge in [-0.2, -0.15) is 0 Å². The molecule has 1 saturated carbocycles. The third kappa shape index (κ3) is 4.84. The van der Waals surface area contributed by atoms with Crippen LogP contribution in [-0.2, 0) is 0 Å². The molecule has 0 aliphatic heterocycles. The summed E-state index contributed by atoms with van der Waals surface area (Å²) in [4.78, 5) is 11.8. The standard InChI is InChI=1S/C14H28N2O2/c1-4-12-5-7-13(8-6-12)16-14(18)15-11(3)10(2)9-17/h10-13,17H,4-9H2,1-3H3,(H2,15,16,18). The predicted octanol–water partition coefficient (Wildman–Crippen LogP) is 2.27. The first kappa shape index (κ1) is 15.3. The van der Waals surface area contributed by atoms with Crippen molar-refractivity contribution in [3.63, 3.8) is 0 Å². The van der Waals surface area contributed by atoms with Crippen LogP contribution in [0, 0.1) is 11.8 Å². The van der Waals surface area contributed by atoms with Crippen LogP contribution >= 0.6 is 0 Å². The minimum Gasteiger partial charge on any atom is -0.396 e. The molecule has 3 N–H and O–H groups in total. The molecule has 0 radical (unpaired) electrons. The topological polar surface area (TPSA) is 61.4 Å². The maximum absolute atomic E-state index is 11.8. The predicted molar refractivity (Wildman–Crippen MR) is 73.4 cm³/mol. The zero-order valence-corrected chi connectivity index (χ0v) is 11.9. The van der Waals surface area contributed by atoms with E-state index in [9.17, 15) is 4.79 Å². The van der Waals surface area contributed by atoms with E-state index < -0.39 is 0 Å². The van der Waals surface area contributed by atoms with Gasteiger partial charge in [-0.3, -0.25) is 0 Å². The minimum absolute atomic E-state index is 0.00183. The van der Waals surface area contributed by atoms with Crippen molar-refractivity contribution in [3.05, 3.63) is 0 Å². The van der Waals surface area contributed by atoms with Crippen molar-refractivity contribution in [2.24, 2.45) is 11.8 Å². The largest absolute Gasteiger partial charge is 0.396 e. The van der Waals surface area contributed by atoms with E-state index in [0.717, 1.165) is 18.8 Å². The highest BCUT2D eigenvalue weighted by Crippen LogP contribution is 2.26. The smallest absolute Gasteiger partial charge is 0.315 e. The molecule has 1 aliphatic carbocycles. The Bertz CT molecular complexity index is 250. The van der Waals surface area contributed by atoms with Crippen molar-refractivity contribution in [1.82, 2.24) is 10.6 Å². The molecule has 0 spiro atoms. The van der Waals surface area contributed by atoms with Crippen molar-refractivity contribution in [2.75, 3.05) is 6.61 Å². The van der Waals surface area contributed by atoms with Crippen LogP contribution in [0.25, 0.3) is 0 Å². The van der Waals surface area contributed by atoms with E-state index in [2.05, 4.69) is 17.6 Å². The molecule has 0 saturated heterocycles. The molecule has 2 atom stereocenters. The first-order valence-electron chi connectivity index (χ1n) is 7.24. The van der Waals surface area contributed by atoms with Gasteiger partial charge in [0, 0.05) is 18.7 Å². The zero-order chi connectivity index (χ0) is 13.5. The van der Waals surface area contributed by atoms with Gasteiger partial charge >= 0.3 is 6.03 Å². The van der Waals surface area contributed by atoms with Crippen LogP contribution < -0.4 is 10.6 Å². The molecule has 0 bridgehead atoms. The number of hydrogen-bond acceptors (Lipinski definition) is 2. The maximum Gasteiger partial charge on any atom is 0.315 e. The molecule has 1 rings (SSSR count). The van der Waals surface area contributed by atoms with Crippen molar-refractivity contribution in [3.8, 4) is 0 Å². The van der Waals surface area contributed by atoms with Gasteiger partial charge in [-0.25, -0.2) is 4.79 Å². The van der Waals surface area contributed by atoms with E-state index >= 15 is 0 Å². The Hall–Kier alpha value is -0.770. The summed E-state index contributed by atoms with van der Waals surface area (Å²) in [6.07, 6.45) is 5.89. The molecule has 0 aromatic carbocycles. The molecule has 4 heteroatoms. The van der Waals surface area contributed by atoms with E-state index in [4.69, 9.17) is 5.11 Å². The third-order valence-corrected chi connectivity index (χ3v) is 4.26. The molecule has 0 aromatic heterocycles. The second-order valence-electron chi connectivity index (χ2n) is 5.69. The van der Waals surface area contributed by atoms with E-state index in [1.54, 1.807) is 0 Å². The van der Waals surface area contributed by atoms with E-state index in [0.29, 0.717) is 6.04 Å². The monoisotopic (exact) mass is 256 g/mol. The van der Waals surface area contributed by atoms with Crippen LogP contribution in [0.4, 0.5) is 4.79 Å². The fourth-order valence-corrected chi connectivity index (χ4v) is 2.45. The Morgan fingerprint density at radius 2 is 1.89 bits per heavy atom. The molecule has 2 amide bonds. The summed E-state index contributed by atoms with van der Waals surface area (Å²) >= 11 is 0. The first-order valence-corrected chi connectivity index (χ1v) is 7.24. The van der Waals surface area contributed by atoms with Crippen LogP contribution in [0.2, 0.25) is 0 Å². The molecular formula is C14H28N2O2. The lowest BCUT2D eigenvalue weighted by molar-refractivity contribution is 0.195. The maximum atomic E-state index is 11.8. The number of hydrogen-bond donors (Lipinski definition) is 3. The number of nitrogens with one attached hydrogen (secondary N) is 2. The SMILES string of the molecule is CCC1CCC(NC(=O)NC(C)C(C)CO)CC1. The molecule has 106 valence electrons. The quantitative estimate of drug-likeness (QED) is 0.706. The molecule has 4 nitrogen and oxygen atoms in total. The Kier molecular flexibility index (Phi) is 6.47. The molecule has 1 aliphatic rings. The third-order valence-electron chi connectivity index (χ3n) is 4.26. The summed E-state index contributed by atoms with van der Waals surface area (Å²) in [7, 11) is 0. The number of amides is 2. The summed E-state index contributed by atoms with van der Waals surface area (Å²) in [5.41, 5.74) is 0. The fourth-order valence-electron chi connectivity index (χ4n) is 2.45. The van der Waals surface area contributed by atoms with Crippen molar-refractivity contribution < 1.29 is 9.90 Å². The van der Waals surface area contributed by atoms with Crippen LogP contribution in [0.15, 0.2) is 0 Å². The lowest BCUT2D eigenvalue weighted by Crippen LogP contribution is -2.48. The summed E-state index contributed by atoms with van der Waals surface area (Å²) in [5, 5.41) is 15.0. The van der Waals surface area contributed by atoms with Crippen LogP contribution in [0.3, 0.4) is 0 Å². The Balaban J connectivity index is 2.24. The first-order chi connectivity index (χ1) is 8.56. The molecule has 1 fully saturated rings. The number of aliphatic hydroxyl groups is 1. The van der Waals surface area contributed by atoms with Crippen LogP contribution in [0.5, 0.6) is 0 Å². The highest BCUT2D eigenvalue weighted by molar-refractivity contribution is 5.74. The van der Waals surface area contributed by atoms with Gasteiger partial charge in [0.2, 0.25) is 0 Å². The van der Waals surface area contributed by atoms with E-state index in [1.807, 2.05) is 13.8 Å². The Labute approximate surface area is 111 Å². The van der Waals surface area contributed by atoms with E-state index in [1.165, 1.54) is 19.3 Å². The van der Waals surface area contributed by atoms with Gasteiger partial charge in [0.1, 0.15) is 0 Å². The number of rotatable bonds is 5. The lowest BCUT2D eigenvalue weighted by Gasteiger charge is -2.29. The van der Waals surface area contributed by atoms with Crippen LogP contribution in [0.1, 0.15) is 52.9 Å². The molecule has 18 heavy (non-hydrogen) atoms. The summed E-state index contributed by atoms with van der Waals surface area (Å²) in [6.45, 7) is 6.19. The minimum atomic E-state index is -0.0947. The fraction of sp³-hybridized carbons (Fsp3) is 0.929. The zero-order valence-electron chi connectivity index (χ0n) is 11.9. The normalized spacial score (nSPS) is 27.3. The van der Waals surface area contributed by atoms with Gasteiger partial charge in [-0.15, -0.1) is 0 Å². The highest BCUT2D eigenvalue weighted by atomic mass is 16.3. The molecule has 2 unspecified atom stereocenters. The Morgan fingerprint density at radius 3 is 2.39 bits per heavy atom. The highest BCUT2D eigenvalue weighted by Gasteiger charge is 2.22. The van der Waals surface area contributed by atoms with Gasteiger partial charge in [0.25, 0.3) is 0 Å². The van der Waals surface area contributed by atoms with Crippen molar-refractivity contribution in [2.45, 2.75) is 65.0 Å². The average molecular weight is 256 g/mol. The Morgan fingerprint density at radius 1 is 1.28 bits per heavy atom. The average Bonchev–Trinajstić information content (AvgIpc) is 2.38. The number of carbonyl (C=O) groups is 1. The van der Waals surface area contributed by atoms with Gasteiger partial charge in [0.05, 0.1) is 0 Å². The number of aliphatic hydroxyl groups excluding tert-OH is 1. The van der Waals surface area contributed by atoms with Gasteiger partial charge < -0.3 is 15.7 Å². The number of urea groups is 1. The van der Waals surface area contributed by atoms with Crippen molar-refractivity contribution in [1.29, 1.82) is 0 Å². The summed E-state index contributed by atoms with van der Waals surface area (Å²) in [5.74, 6) is 0.936. The lowest BCUT2D eigenvalue weighted by atomic mass is 9.84. The van der Waals surface area contributed by atoms with E-state index in [-0.39, 0.29) is 24.6 Å². The van der Waals surface area contributed by atoms with Gasteiger partial charge in [-0.1, -0.05) is 20.3 Å². The number of carbonyl (C=O) groups excluding carboxylic acids is 1. The molecular weight excluding hydrogens is 228 g/mol. The summed E-state index contributed by atoms with van der Waals surface area (Å²) < 4.78 is 0. The van der Waals surface area contributed by atoms with Crippen LogP contribution in [-0.4, -0.2) is 29.8 Å². The second kappa shape index (κ2) is 7.62. The second-order valence-corrected chi connectivity index (χ2v) is 5.69.